The molecule has 0 amide bonds. The second kappa shape index (κ2) is 5.76. The Kier molecular flexibility index (Phi) is 4.31. The summed E-state index contributed by atoms with van der Waals surface area (Å²) in [5, 5.41) is 0. The molecule has 1 aliphatic heterocycles. The van der Waals surface area contributed by atoms with Crippen LogP contribution in [0.4, 0.5) is 0 Å². The van der Waals surface area contributed by atoms with Gasteiger partial charge in [0.1, 0.15) is 6.10 Å². The van der Waals surface area contributed by atoms with Crippen LogP contribution in [0.1, 0.15) is 31.3 Å². The summed E-state index contributed by atoms with van der Waals surface area (Å²) < 4.78 is 5.72. The minimum Gasteiger partial charge on any atom is -0.368 e. The fourth-order valence-corrected chi connectivity index (χ4v) is 2.03. The van der Waals surface area contributed by atoms with Gasteiger partial charge in [-0.2, -0.15) is 0 Å². The minimum atomic E-state index is -0.0180. The van der Waals surface area contributed by atoms with Crippen molar-refractivity contribution in [3.8, 4) is 0 Å². The Morgan fingerprint density at radius 2 is 2.18 bits per heavy atom. The number of rotatable bonds is 3. The van der Waals surface area contributed by atoms with Crippen molar-refractivity contribution in [3.63, 3.8) is 0 Å². The Labute approximate surface area is 107 Å². The number of ether oxygens (including phenoxy) is 1. The van der Waals surface area contributed by atoms with Crippen LogP contribution in [0.25, 0.3) is 0 Å². The van der Waals surface area contributed by atoms with E-state index in [4.69, 9.17) is 16.3 Å². The average Bonchev–Trinajstić information content (AvgIpc) is 2.39. The zero-order chi connectivity index (χ0) is 12.3. The quantitative estimate of drug-likeness (QED) is 0.775. The summed E-state index contributed by atoms with van der Waals surface area (Å²) in [6.07, 6.45) is 3.52. The van der Waals surface area contributed by atoms with Crippen molar-refractivity contribution < 1.29 is 4.74 Å². The standard InChI is InChI=1S/C12H18ClN3O/c1-9(2)16-3-4-17-11(8-16)12-14-6-10(5-13)7-15-12/h6-7,9,11H,3-5,8H2,1-2H3. The van der Waals surface area contributed by atoms with Crippen LogP contribution in [-0.4, -0.2) is 40.6 Å². The summed E-state index contributed by atoms with van der Waals surface area (Å²) in [6, 6.07) is 0.531. The molecule has 2 heterocycles. The first kappa shape index (κ1) is 12.7. The van der Waals surface area contributed by atoms with Crippen LogP contribution in [0.15, 0.2) is 12.4 Å². The Morgan fingerprint density at radius 1 is 1.47 bits per heavy atom. The molecule has 0 radical (unpaired) electrons. The van der Waals surface area contributed by atoms with Crippen molar-refractivity contribution in [1.29, 1.82) is 0 Å². The van der Waals surface area contributed by atoms with E-state index in [2.05, 4.69) is 28.7 Å². The highest BCUT2D eigenvalue weighted by Crippen LogP contribution is 2.20. The Bertz CT molecular complexity index is 355. The van der Waals surface area contributed by atoms with Gasteiger partial charge in [0.05, 0.1) is 12.5 Å². The number of halogens is 1. The summed E-state index contributed by atoms with van der Waals surface area (Å²) in [4.78, 5) is 11.0. The third-order valence-corrected chi connectivity index (χ3v) is 3.30. The normalized spacial score (nSPS) is 22.0. The zero-order valence-electron chi connectivity index (χ0n) is 10.3. The van der Waals surface area contributed by atoms with E-state index >= 15 is 0 Å². The molecular weight excluding hydrogens is 238 g/mol. The van der Waals surface area contributed by atoms with E-state index in [1.165, 1.54) is 0 Å². The number of alkyl halides is 1. The van der Waals surface area contributed by atoms with Crippen LogP contribution >= 0.6 is 11.6 Å². The SMILES string of the molecule is CC(C)N1CCOC(c2ncc(CCl)cn2)C1. The van der Waals surface area contributed by atoms with E-state index in [-0.39, 0.29) is 6.10 Å². The molecule has 5 heteroatoms. The first-order valence-electron chi connectivity index (χ1n) is 5.93. The molecule has 1 saturated heterocycles. The molecule has 1 aromatic rings. The van der Waals surface area contributed by atoms with Gasteiger partial charge in [0.15, 0.2) is 5.82 Å². The van der Waals surface area contributed by atoms with Gasteiger partial charge in [-0.1, -0.05) is 0 Å². The molecule has 1 atom stereocenters. The van der Waals surface area contributed by atoms with Gasteiger partial charge in [-0.15, -0.1) is 11.6 Å². The molecule has 1 unspecified atom stereocenters. The fraction of sp³-hybridized carbons (Fsp3) is 0.667. The van der Waals surface area contributed by atoms with Gasteiger partial charge in [-0.05, 0) is 13.8 Å². The Balaban J connectivity index is 2.05. The third kappa shape index (κ3) is 3.15. The predicted octanol–water partition coefficient (Wildman–Crippen LogP) is 2.00. The van der Waals surface area contributed by atoms with Crippen molar-refractivity contribution in [2.75, 3.05) is 19.7 Å². The molecule has 1 aromatic heterocycles. The lowest BCUT2D eigenvalue weighted by molar-refractivity contribution is -0.0443. The molecular formula is C12H18ClN3O. The number of nitrogens with zero attached hydrogens (tertiary/aromatic N) is 3. The molecule has 0 aliphatic carbocycles. The van der Waals surface area contributed by atoms with Crippen LogP contribution < -0.4 is 0 Å². The largest absolute Gasteiger partial charge is 0.368 e. The monoisotopic (exact) mass is 255 g/mol. The fourth-order valence-electron chi connectivity index (χ4n) is 1.89. The van der Waals surface area contributed by atoms with Crippen LogP contribution in [0.3, 0.4) is 0 Å². The van der Waals surface area contributed by atoms with Gasteiger partial charge < -0.3 is 4.74 Å². The predicted molar refractivity (Wildman–Crippen MR) is 67.0 cm³/mol. The Hall–Kier alpha value is -0.710. The maximum absolute atomic E-state index is 5.72. The van der Waals surface area contributed by atoms with Gasteiger partial charge >= 0.3 is 0 Å². The Morgan fingerprint density at radius 3 is 2.76 bits per heavy atom. The highest BCUT2D eigenvalue weighted by atomic mass is 35.5. The number of hydrogen-bond donors (Lipinski definition) is 0. The van der Waals surface area contributed by atoms with Gasteiger partial charge in [-0.3, -0.25) is 4.90 Å². The maximum Gasteiger partial charge on any atom is 0.158 e. The number of aromatic nitrogens is 2. The van der Waals surface area contributed by atoms with E-state index in [1.54, 1.807) is 12.4 Å². The molecule has 0 bridgehead atoms. The minimum absolute atomic E-state index is 0.0180. The first-order chi connectivity index (χ1) is 8.20. The third-order valence-electron chi connectivity index (χ3n) is 3.00. The molecule has 0 N–H and O–H groups in total. The van der Waals surface area contributed by atoms with Crippen LogP contribution in [0, 0.1) is 0 Å². The van der Waals surface area contributed by atoms with Crippen molar-refractivity contribution in [1.82, 2.24) is 14.9 Å². The summed E-state index contributed by atoms with van der Waals surface area (Å²) in [5.41, 5.74) is 0.937. The van der Waals surface area contributed by atoms with Gasteiger partial charge in [0, 0.05) is 37.1 Å². The topological polar surface area (TPSA) is 38.2 Å². The van der Waals surface area contributed by atoms with Gasteiger partial charge in [0.25, 0.3) is 0 Å². The molecule has 94 valence electrons. The zero-order valence-corrected chi connectivity index (χ0v) is 11.0. The summed E-state index contributed by atoms with van der Waals surface area (Å²) in [7, 11) is 0. The second-order valence-electron chi connectivity index (χ2n) is 4.53. The van der Waals surface area contributed by atoms with E-state index in [0.29, 0.717) is 11.9 Å². The lowest BCUT2D eigenvalue weighted by Gasteiger charge is -2.34. The summed E-state index contributed by atoms with van der Waals surface area (Å²) in [6.45, 7) is 6.97. The van der Waals surface area contributed by atoms with Crippen molar-refractivity contribution in [2.24, 2.45) is 0 Å². The van der Waals surface area contributed by atoms with Crippen molar-refractivity contribution >= 4 is 11.6 Å². The molecule has 4 nitrogen and oxygen atoms in total. The lowest BCUT2D eigenvalue weighted by Crippen LogP contribution is -2.42. The molecule has 0 saturated carbocycles. The summed E-state index contributed by atoms with van der Waals surface area (Å²) >= 11 is 5.71. The number of morpholine rings is 1. The van der Waals surface area contributed by atoms with Gasteiger partial charge in [-0.25, -0.2) is 9.97 Å². The van der Waals surface area contributed by atoms with Crippen LogP contribution in [-0.2, 0) is 10.6 Å². The van der Waals surface area contributed by atoms with E-state index in [0.717, 1.165) is 31.1 Å². The summed E-state index contributed by atoms with van der Waals surface area (Å²) in [5.74, 6) is 1.20. The lowest BCUT2D eigenvalue weighted by atomic mass is 10.2. The number of hydrogen-bond acceptors (Lipinski definition) is 4. The second-order valence-corrected chi connectivity index (χ2v) is 4.80. The molecule has 1 aliphatic rings. The van der Waals surface area contributed by atoms with Crippen LogP contribution in [0.2, 0.25) is 0 Å². The average molecular weight is 256 g/mol. The van der Waals surface area contributed by atoms with Crippen molar-refractivity contribution in [3.05, 3.63) is 23.8 Å². The molecule has 1 fully saturated rings. The smallest absolute Gasteiger partial charge is 0.158 e. The molecule has 2 rings (SSSR count). The first-order valence-corrected chi connectivity index (χ1v) is 6.46. The van der Waals surface area contributed by atoms with Crippen LogP contribution in [0.5, 0.6) is 0 Å². The molecule has 17 heavy (non-hydrogen) atoms. The van der Waals surface area contributed by atoms with E-state index < -0.39 is 0 Å². The molecule has 0 spiro atoms. The van der Waals surface area contributed by atoms with E-state index in [1.807, 2.05) is 0 Å². The highest BCUT2D eigenvalue weighted by Gasteiger charge is 2.25. The highest BCUT2D eigenvalue weighted by molar-refractivity contribution is 6.17. The van der Waals surface area contributed by atoms with Gasteiger partial charge in [0.2, 0.25) is 0 Å². The molecule has 0 aromatic carbocycles. The van der Waals surface area contributed by atoms with E-state index in [9.17, 15) is 0 Å². The maximum atomic E-state index is 5.72. The van der Waals surface area contributed by atoms with Crippen molar-refractivity contribution in [2.45, 2.75) is 31.9 Å².